The molecule has 0 aliphatic carbocycles. The van der Waals surface area contributed by atoms with Crippen molar-refractivity contribution < 1.29 is 14.0 Å². The molecule has 2 aromatic rings. The van der Waals surface area contributed by atoms with Gasteiger partial charge in [-0.25, -0.2) is 9.29 Å². The summed E-state index contributed by atoms with van der Waals surface area (Å²) in [5.41, 5.74) is 1.18. The predicted molar refractivity (Wildman–Crippen MR) is 90.6 cm³/mol. The number of anilines is 1. The number of hydrogen-bond donors (Lipinski definition) is 1. The number of hydrogen-bond acceptors (Lipinski definition) is 3. The largest absolute Gasteiger partial charge is 0.301 e. The van der Waals surface area contributed by atoms with E-state index in [1.807, 2.05) is 0 Å². The lowest BCUT2D eigenvalue weighted by atomic mass is 10.2. The fourth-order valence-electron chi connectivity index (χ4n) is 2.57. The Hall–Kier alpha value is -1.95. The third kappa shape index (κ3) is 3.59. The predicted octanol–water partition coefficient (Wildman–Crippen LogP) is 3.55. The Balaban J connectivity index is 1.72. The van der Waals surface area contributed by atoms with Gasteiger partial charge < -0.3 is 5.32 Å². The number of nitrogens with one attached hydrogen (secondary N) is 1. The second-order valence-corrected chi connectivity index (χ2v) is 6.33. The van der Waals surface area contributed by atoms with Crippen molar-refractivity contribution in [3.63, 3.8) is 0 Å². The Labute approximate surface area is 148 Å². The molecule has 0 spiro atoms. The van der Waals surface area contributed by atoms with Gasteiger partial charge in [-0.2, -0.15) is 0 Å². The molecule has 4 nitrogen and oxygen atoms in total. The molecule has 0 unspecified atom stereocenters. The van der Waals surface area contributed by atoms with Crippen LogP contribution in [0.25, 0.3) is 0 Å². The van der Waals surface area contributed by atoms with Crippen molar-refractivity contribution in [1.82, 2.24) is 5.32 Å². The van der Waals surface area contributed by atoms with E-state index in [0.717, 1.165) is 10.5 Å². The number of amides is 2. The molecule has 24 heavy (non-hydrogen) atoms. The lowest BCUT2D eigenvalue weighted by molar-refractivity contribution is -0.121. The minimum atomic E-state index is -0.639. The molecule has 1 saturated heterocycles. The van der Waals surface area contributed by atoms with E-state index >= 15 is 0 Å². The van der Waals surface area contributed by atoms with E-state index in [1.54, 1.807) is 12.1 Å². The number of imide groups is 1. The van der Waals surface area contributed by atoms with Crippen LogP contribution in [0.2, 0.25) is 10.0 Å². The lowest BCUT2D eigenvalue weighted by Crippen LogP contribution is -2.38. The highest BCUT2D eigenvalue weighted by Gasteiger charge is 2.39. The summed E-state index contributed by atoms with van der Waals surface area (Å²) >= 11 is 11.9. The second kappa shape index (κ2) is 6.89. The quantitative estimate of drug-likeness (QED) is 0.841. The van der Waals surface area contributed by atoms with Crippen molar-refractivity contribution in [2.45, 2.75) is 19.0 Å². The topological polar surface area (TPSA) is 49.4 Å². The zero-order chi connectivity index (χ0) is 17.3. The van der Waals surface area contributed by atoms with Crippen LogP contribution in [0.4, 0.5) is 10.1 Å². The van der Waals surface area contributed by atoms with E-state index in [9.17, 15) is 14.0 Å². The molecule has 3 rings (SSSR count). The summed E-state index contributed by atoms with van der Waals surface area (Å²) in [5, 5.41) is 3.72. The van der Waals surface area contributed by atoms with Gasteiger partial charge in [0.25, 0.3) is 5.91 Å². The molecule has 1 aliphatic heterocycles. The van der Waals surface area contributed by atoms with Crippen LogP contribution < -0.4 is 10.2 Å². The average Bonchev–Trinajstić information content (AvgIpc) is 2.80. The summed E-state index contributed by atoms with van der Waals surface area (Å²) in [6.07, 6.45) is 0.0458. The number of halogens is 3. The molecule has 2 aromatic carbocycles. The maximum Gasteiger partial charge on any atom is 0.251 e. The SMILES string of the molecule is O=C1C[C@H](NCc2ccc(F)cc2)C(=O)N1c1cc(Cl)cc(Cl)c1. The van der Waals surface area contributed by atoms with Crippen LogP contribution in [0.5, 0.6) is 0 Å². The maximum atomic E-state index is 12.9. The van der Waals surface area contributed by atoms with Crippen LogP contribution in [0, 0.1) is 5.82 Å². The fraction of sp³-hybridized carbons (Fsp3) is 0.176. The highest BCUT2D eigenvalue weighted by molar-refractivity contribution is 6.35. The molecule has 1 N–H and O–H groups in total. The Morgan fingerprint density at radius 3 is 2.33 bits per heavy atom. The van der Waals surface area contributed by atoms with Crippen molar-refractivity contribution in [3.05, 3.63) is 63.9 Å². The summed E-state index contributed by atoms with van der Waals surface area (Å²) in [6, 6.07) is 9.87. The van der Waals surface area contributed by atoms with Crippen LogP contribution >= 0.6 is 23.2 Å². The summed E-state index contributed by atoms with van der Waals surface area (Å²) in [4.78, 5) is 25.8. The average molecular weight is 367 g/mol. The lowest BCUT2D eigenvalue weighted by Gasteiger charge is -2.16. The molecule has 1 atom stereocenters. The van der Waals surface area contributed by atoms with Gasteiger partial charge in [0.05, 0.1) is 18.2 Å². The zero-order valence-corrected chi connectivity index (χ0v) is 13.9. The van der Waals surface area contributed by atoms with Crippen LogP contribution in [0.1, 0.15) is 12.0 Å². The van der Waals surface area contributed by atoms with Crippen molar-refractivity contribution in [2.75, 3.05) is 4.90 Å². The van der Waals surface area contributed by atoms with Crippen molar-refractivity contribution in [1.29, 1.82) is 0 Å². The van der Waals surface area contributed by atoms with Crippen LogP contribution in [-0.2, 0) is 16.1 Å². The van der Waals surface area contributed by atoms with Gasteiger partial charge >= 0.3 is 0 Å². The number of rotatable bonds is 4. The summed E-state index contributed by atoms with van der Waals surface area (Å²) < 4.78 is 12.9. The highest BCUT2D eigenvalue weighted by atomic mass is 35.5. The molecule has 1 heterocycles. The van der Waals surface area contributed by atoms with E-state index < -0.39 is 6.04 Å². The van der Waals surface area contributed by atoms with Gasteiger partial charge in [0, 0.05) is 16.6 Å². The number of carbonyl (C=O) groups is 2. The number of carbonyl (C=O) groups excluding carboxylic acids is 2. The first-order valence-electron chi connectivity index (χ1n) is 7.25. The van der Waals surface area contributed by atoms with Gasteiger partial charge in [-0.1, -0.05) is 35.3 Å². The van der Waals surface area contributed by atoms with Crippen molar-refractivity contribution in [3.8, 4) is 0 Å². The van der Waals surface area contributed by atoms with Crippen LogP contribution in [0.15, 0.2) is 42.5 Å². The summed E-state index contributed by atoms with van der Waals surface area (Å²) in [6.45, 7) is 0.355. The van der Waals surface area contributed by atoms with Crippen LogP contribution in [-0.4, -0.2) is 17.9 Å². The number of nitrogens with zero attached hydrogens (tertiary/aromatic N) is 1. The van der Waals surface area contributed by atoms with E-state index in [1.165, 1.54) is 30.3 Å². The van der Waals surface area contributed by atoms with Gasteiger partial charge in [0.1, 0.15) is 5.82 Å². The third-order valence-electron chi connectivity index (χ3n) is 3.72. The van der Waals surface area contributed by atoms with Gasteiger partial charge in [-0.3, -0.25) is 9.59 Å². The first kappa shape index (κ1) is 16.9. The Morgan fingerprint density at radius 1 is 1.08 bits per heavy atom. The van der Waals surface area contributed by atoms with Gasteiger partial charge in [0.15, 0.2) is 0 Å². The molecule has 2 amide bonds. The summed E-state index contributed by atoms with van der Waals surface area (Å²) in [7, 11) is 0. The molecule has 7 heteroatoms. The standard InChI is InChI=1S/C17H13Cl2FN2O2/c18-11-5-12(19)7-14(6-11)22-16(23)8-15(17(22)24)21-9-10-1-3-13(20)4-2-10/h1-7,15,21H,8-9H2/t15-/m0/s1. The molecule has 0 radical (unpaired) electrons. The molecule has 0 bridgehead atoms. The number of benzene rings is 2. The van der Waals surface area contributed by atoms with E-state index in [4.69, 9.17) is 23.2 Å². The first-order valence-corrected chi connectivity index (χ1v) is 8.00. The molecule has 124 valence electrons. The van der Waals surface area contributed by atoms with E-state index in [-0.39, 0.29) is 24.1 Å². The van der Waals surface area contributed by atoms with Gasteiger partial charge in [-0.05, 0) is 35.9 Å². The minimum Gasteiger partial charge on any atom is -0.301 e. The first-order chi connectivity index (χ1) is 11.4. The summed E-state index contributed by atoms with van der Waals surface area (Å²) in [5.74, 6) is -1.01. The third-order valence-corrected chi connectivity index (χ3v) is 4.15. The molecule has 0 saturated carbocycles. The highest BCUT2D eigenvalue weighted by Crippen LogP contribution is 2.29. The van der Waals surface area contributed by atoms with Gasteiger partial charge in [0.2, 0.25) is 5.91 Å². The Bertz CT molecular complexity index is 775. The Morgan fingerprint density at radius 2 is 1.71 bits per heavy atom. The van der Waals surface area contributed by atoms with Gasteiger partial charge in [-0.15, -0.1) is 0 Å². The maximum absolute atomic E-state index is 12.9. The molecule has 1 fully saturated rings. The van der Waals surface area contributed by atoms with Crippen LogP contribution in [0.3, 0.4) is 0 Å². The smallest absolute Gasteiger partial charge is 0.251 e. The fourth-order valence-corrected chi connectivity index (χ4v) is 3.09. The van der Waals surface area contributed by atoms with Crippen molar-refractivity contribution in [2.24, 2.45) is 0 Å². The minimum absolute atomic E-state index is 0.0458. The van der Waals surface area contributed by atoms with E-state index in [0.29, 0.717) is 22.3 Å². The Kier molecular flexibility index (Phi) is 4.85. The van der Waals surface area contributed by atoms with Crippen molar-refractivity contribution >= 4 is 40.7 Å². The molecule has 0 aromatic heterocycles. The van der Waals surface area contributed by atoms with E-state index in [2.05, 4.69) is 5.32 Å². The molecule has 1 aliphatic rings. The monoisotopic (exact) mass is 366 g/mol. The molecular weight excluding hydrogens is 354 g/mol. The normalized spacial score (nSPS) is 17.6. The zero-order valence-electron chi connectivity index (χ0n) is 12.4. The second-order valence-electron chi connectivity index (χ2n) is 5.46. The molecular formula is C17H13Cl2FN2O2.